The third-order valence-electron chi connectivity index (χ3n) is 5.32. The van der Waals surface area contributed by atoms with Gasteiger partial charge in [-0.15, -0.1) is 6.58 Å². The Morgan fingerprint density at radius 1 is 0.929 bits per heavy atom. The van der Waals surface area contributed by atoms with Gasteiger partial charge in [0.05, 0.1) is 6.54 Å². The third-order valence-corrected chi connectivity index (χ3v) is 5.32. The van der Waals surface area contributed by atoms with Crippen molar-refractivity contribution in [3.63, 3.8) is 0 Å². The summed E-state index contributed by atoms with van der Waals surface area (Å²) < 4.78 is 0. The highest BCUT2D eigenvalue weighted by Gasteiger charge is 2.07. The zero-order chi connectivity index (χ0) is 19.9. The number of rotatable bonds is 7. The maximum Gasteiger partial charge on any atom is 0.0645 e. The van der Waals surface area contributed by atoms with E-state index in [0.29, 0.717) is 0 Å². The van der Waals surface area contributed by atoms with Gasteiger partial charge in [-0.3, -0.25) is 4.99 Å². The second kappa shape index (κ2) is 9.32. The van der Waals surface area contributed by atoms with E-state index in [-0.39, 0.29) is 0 Å². The summed E-state index contributed by atoms with van der Waals surface area (Å²) in [5.41, 5.74) is 10.1. The Labute approximate surface area is 169 Å². The number of aliphatic imine (C=N–C) groups is 1. The minimum atomic E-state index is 0.720. The highest BCUT2D eigenvalue weighted by atomic mass is 14.7. The summed E-state index contributed by atoms with van der Waals surface area (Å²) in [5.74, 6) is 0. The lowest BCUT2D eigenvalue weighted by Crippen LogP contribution is -2.00. The first-order chi connectivity index (χ1) is 13.6. The molecule has 1 nitrogen and oxygen atoms in total. The molecule has 0 heterocycles. The van der Waals surface area contributed by atoms with E-state index >= 15 is 0 Å². The molecule has 28 heavy (non-hydrogen) atoms. The van der Waals surface area contributed by atoms with E-state index in [1.807, 2.05) is 6.08 Å². The Morgan fingerprint density at radius 3 is 2.39 bits per heavy atom. The molecule has 0 bridgehead atoms. The molecule has 0 amide bonds. The number of allylic oxidation sites excluding steroid dienone is 1. The van der Waals surface area contributed by atoms with Crippen LogP contribution in [0.4, 0.5) is 0 Å². The lowest BCUT2D eigenvalue weighted by Gasteiger charge is -2.11. The summed E-state index contributed by atoms with van der Waals surface area (Å²) >= 11 is 0. The Bertz CT molecular complexity index is 980. The fourth-order valence-corrected chi connectivity index (χ4v) is 3.57. The minimum absolute atomic E-state index is 0.720. The zero-order valence-corrected chi connectivity index (χ0v) is 17.2. The second-order valence-corrected chi connectivity index (χ2v) is 7.23. The van der Waals surface area contributed by atoms with E-state index in [4.69, 9.17) is 4.99 Å². The first-order valence-electron chi connectivity index (χ1n) is 10.0. The van der Waals surface area contributed by atoms with E-state index in [2.05, 4.69) is 94.1 Å². The van der Waals surface area contributed by atoms with E-state index in [1.54, 1.807) is 0 Å². The van der Waals surface area contributed by atoms with Crippen LogP contribution in [0.15, 0.2) is 84.4 Å². The molecular weight excluding hydrogens is 338 g/mol. The van der Waals surface area contributed by atoms with E-state index in [9.17, 15) is 0 Å². The van der Waals surface area contributed by atoms with E-state index in [0.717, 1.165) is 25.1 Å². The largest absolute Gasteiger partial charge is 0.285 e. The van der Waals surface area contributed by atoms with E-state index in [1.165, 1.54) is 38.9 Å². The van der Waals surface area contributed by atoms with Gasteiger partial charge in [-0.05, 0) is 77.8 Å². The standard InChI is InChI=1S/C27H29N/c1-5-11-22-16-26(18-27(17-22)24-12-8-7-9-13-24)21(4)28-19-25-15-10-14-23(6-2)20(25)3/h5,7-10,12-18H,1,6,11,19H2,2-4H3. The molecule has 0 radical (unpaired) electrons. The van der Waals surface area contributed by atoms with Crippen molar-refractivity contribution in [3.05, 3.63) is 107 Å². The number of aryl methyl sites for hydroxylation is 1. The molecule has 0 atom stereocenters. The zero-order valence-electron chi connectivity index (χ0n) is 17.2. The summed E-state index contributed by atoms with van der Waals surface area (Å²) in [6, 6.07) is 23.8. The molecule has 0 fully saturated rings. The van der Waals surface area contributed by atoms with Gasteiger partial charge in [0, 0.05) is 5.71 Å². The van der Waals surface area contributed by atoms with Crippen LogP contribution in [0.2, 0.25) is 0 Å². The van der Waals surface area contributed by atoms with Gasteiger partial charge in [-0.1, -0.05) is 67.6 Å². The van der Waals surface area contributed by atoms with Crippen LogP contribution in [0.3, 0.4) is 0 Å². The van der Waals surface area contributed by atoms with Gasteiger partial charge < -0.3 is 0 Å². The molecule has 0 aliphatic heterocycles. The molecular formula is C27H29N. The topological polar surface area (TPSA) is 12.4 Å². The van der Waals surface area contributed by atoms with Crippen molar-refractivity contribution < 1.29 is 0 Å². The van der Waals surface area contributed by atoms with Gasteiger partial charge in [0.1, 0.15) is 0 Å². The average molecular weight is 368 g/mol. The highest BCUT2D eigenvalue weighted by molar-refractivity contribution is 6.00. The number of hydrogen-bond donors (Lipinski definition) is 0. The Morgan fingerprint density at radius 2 is 1.68 bits per heavy atom. The molecule has 1 heteroatoms. The van der Waals surface area contributed by atoms with Crippen molar-refractivity contribution in [2.45, 2.75) is 40.2 Å². The number of nitrogens with zero attached hydrogens (tertiary/aromatic N) is 1. The van der Waals surface area contributed by atoms with Crippen molar-refractivity contribution in [3.8, 4) is 11.1 Å². The Balaban J connectivity index is 1.94. The summed E-state index contributed by atoms with van der Waals surface area (Å²) in [7, 11) is 0. The maximum absolute atomic E-state index is 4.93. The van der Waals surface area contributed by atoms with Crippen LogP contribution in [0.5, 0.6) is 0 Å². The van der Waals surface area contributed by atoms with Crippen molar-refractivity contribution >= 4 is 5.71 Å². The summed E-state index contributed by atoms with van der Waals surface area (Å²) in [6.45, 7) is 11.1. The second-order valence-electron chi connectivity index (χ2n) is 7.23. The summed E-state index contributed by atoms with van der Waals surface area (Å²) in [5, 5.41) is 0. The molecule has 3 aromatic rings. The van der Waals surface area contributed by atoms with Gasteiger partial charge in [-0.25, -0.2) is 0 Å². The number of hydrogen-bond acceptors (Lipinski definition) is 1. The van der Waals surface area contributed by atoms with Crippen molar-refractivity contribution in [1.29, 1.82) is 0 Å². The predicted octanol–water partition coefficient (Wildman–Crippen LogP) is 6.96. The van der Waals surface area contributed by atoms with Crippen molar-refractivity contribution in [2.75, 3.05) is 0 Å². The van der Waals surface area contributed by atoms with E-state index < -0.39 is 0 Å². The van der Waals surface area contributed by atoms with Crippen LogP contribution >= 0.6 is 0 Å². The lowest BCUT2D eigenvalue weighted by molar-refractivity contribution is 1.01. The number of benzene rings is 3. The fourth-order valence-electron chi connectivity index (χ4n) is 3.57. The minimum Gasteiger partial charge on any atom is -0.285 e. The van der Waals surface area contributed by atoms with Gasteiger partial charge in [0.25, 0.3) is 0 Å². The van der Waals surface area contributed by atoms with Crippen molar-refractivity contribution in [1.82, 2.24) is 0 Å². The smallest absolute Gasteiger partial charge is 0.0645 e. The Hall–Kier alpha value is -2.93. The first-order valence-corrected chi connectivity index (χ1v) is 10.0. The molecule has 0 spiro atoms. The van der Waals surface area contributed by atoms with Gasteiger partial charge >= 0.3 is 0 Å². The molecule has 0 N–H and O–H groups in total. The van der Waals surface area contributed by atoms with Crippen LogP contribution in [0.1, 0.15) is 41.7 Å². The third kappa shape index (κ3) is 4.67. The van der Waals surface area contributed by atoms with Gasteiger partial charge in [0.2, 0.25) is 0 Å². The summed E-state index contributed by atoms with van der Waals surface area (Å²) in [6.07, 6.45) is 3.88. The monoisotopic (exact) mass is 367 g/mol. The summed E-state index contributed by atoms with van der Waals surface area (Å²) in [4.78, 5) is 4.93. The van der Waals surface area contributed by atoms with Crippen LogP contribution in [0.25, 0.3) is 11.1 Å². The molecule has 0 saturated heterocycles. The molecule has 0 aromatic heterocycles. The van der Waals surface area contributed by atoms with Gasteiger partial charge in [0.15, 0.2) is 0 Å². The molecule has 3 aromatic carbocycles. The predicted molar refractivity (Wildman–Crippen MR) is 122 cm³/mol. The van der Waals surface area contributed by atoms with Crippen LogP contribution < -0.4 is 0 Å². The lowest BCUT2D eigenvalue weighted by atomic mass is 9.96. The Kier molecular flexibility index (Phi) is 6.60. The normalized spacial score (nSPS) is 11.5. The molecule has 3 rings (SSSR count). The molecule has 0 unspecified atom stereocenters. The molecule has 0 aliphatic rings. The SMILES string of the molecule is C=CCc1cc(C(C)=NCc2cccc(CC)c2C)cc(-c2ccccc2)c1. The van der Waals surface area contributed by atoms with Crippen LogP contribution in [-0.2, 0) is 19.4 Å². The molecule has 142 valence electrons. The van der Waals surface area contributed by atoms with Crippen LogP contribution in [-0.4, -0.2) is 5.71 Å². The van der Waals surface area contributed by atoms with Crippen molar-refractivity contribution in [2.24, 2.45) is 4.99 Å². The first kappa shape index (κ1) is 19.8. The highest BCUT2D eigenvalue weighted by Crippen LogP contribution is 2.24. The molecule has 0 aliphatic carbocycles. The average Bonchev–Trinajstić information content (AvgIpc) is 2.73. The maximum atomic E-state index is 4.93. The molecule has 0 saturated carbocycles. The fraction of sp³-hybridized carbons (Fsp3) is 0.222. The van der Waals surface area contributed by atoms with Crippen LogP contribution in [0, 0.1) is 6.92 Å². The van der Waals surface area contributed by atoms with Gasteiger partial charge in [-0.2, -0.15) is 0 Å². The quantitative estimate of drug-likeness (QED) is 0.316.